The van der Waals surface area contributed by atoms with Crippen LogP contribution in [0.1, 0.15) is 41.3 Å². The molecule has 0 heterocycles. The van der Waals surface area contributed by atoms with Crippen molar-refractivity contribution in [3.05, 3.63) is 95.6 Å². The van der Waals surface area contributed by atoms with Crippen LogP contribution < -0.4 is 14.8 Å². The van der Waals surface area contributed by atoms with Gasteiger partial charge in [0, 0.05) is 6.54 Å². The van der Waals surface area contributed by atoms with Gasteiger partial charge in [-0.05, 0) is 48.6 Å². The van der Waals surface area contributed by atoms with E-state index in [4.69, 9.17) is 9.47 Å². The molecule has 156 valence electrons. The van der Waals surface area contributed by atoms with Gasteiger partial charge in [0.15, 0.2) is 0 Å². The maximum absolute atomic E-state index is 12.7. The first kappa shape index (κ1) is 21.4. The predicted molar refractivity (Wildman–Crippen MR) is 120 cm³/mol. The number of carbonyl (C=O) groups excluding carboxylic acids is 1. The van der Waals surface area contributed by atoms with E-state index in [0.717, 1.165) is 30.6 Å². The van der Waals surface area contributed by atoms with E-state index in [0.29, 0.717) is 31.1 Å². The number of para-hydroxylation sites is 2. The molecule has 0 saturated carbocycles. The highest BCUT2D eigenvalue weighted by Crippen LogP contribution is 2.21. The van der Waals surface area contributed by atoms with Crippen LogP contribution in [0.2, 0.25) is 0 Å². The number of aryl methyl sites for hydroxylation is 1. The Morgan fingerprint density at radius 3 is 2.33 bits per heavy atom. The normalized spacial score (nSPS) is 10.4. The van der Waals surface area contributed by atoms with Gasteiger partial charge < -0.3 is 14.8 Å². The molecule has 0 bridgehead atoms. The van der Waals surface area contributed by atoms with Gasteiger partial charge in [-0.25, -0.2) is 0 Å². The van der Waals surface area contributed by atoms with Gasteiger partial charge in [0.05, 0.1) is 12.2 Å². The Morgan fingerprint density at radius 1 is 0.833 bits per heavy atom. The van der Waals surface area contributed by atoms with Crippen molar-refractivity contribution in [2.45, 2.75) is 32.8 Å². The van der Waals surface area contributed by atoms with Crippen LogP contribution in [-0.4, -0.2) is 19.1 Å². The molecule has 0 spiro atoms. The maximum atomic E-state index is 12.7. The molecule has 4 nitrogen and oxygen atoms in total. The Morgan fingerprint density at radius 2 is 1.53 bits per heavy atom. The lowest BCUT2D eigenvalue weighted by Gasteiger charge is -2.13. The molecule has 0 aliphatic carbocycles. The molecule has 3 rings (SSSR count). The van der Waals surface area contributed by atoms with Gasteiger partial charge >= 0.3 is 0 Å². The summed E-state index contributed by atoms with van der Waals surface area (Å²) in [4.78, 5) is 12.7. The minimum absolute atomic E-state index is 0.117. The molecule has 1 N–H and O–H groups in total. The third-order valence-corrected chi connectivity index (χ3v) is 4.71. The van der Waals surface area contributed by atoms with E-state index in [1.165, 1.54) is 5.56 Å². The topological polar surface area (TPSA) is 47.6 Å². The minimum Gasteiger partial charge on any atom is -0.493 e. The van der Waals surface area contributed by atoms with E-state index < -0.39 is 0 Å². The zero-order valence-corrected chi connectivity index (χ0v) is 17.5. The molecule has 0 unspecified atom stereocenters. The number of rotatable bonds is 11. The van der Waals surface area contributed by atoms with E-state index in [1.807, 2.05) is 66.7 Å². The fraction of sp³-hybridized carbons (Fsp3) is 0.269. The summed E-state index contributed by atoms with van der Waals surface area (Å²) in [5.74, 6) is 1.41. The van der Waals surface area contributed by atoms with E-state index in [1.54, 1.807) is 6.07 Å². The van der Waals surface area contributed by atoms with Gasteiger partial charge in [-0.1, -0.05) is 67.6 Å². The lowest BCUT2D eigenvalue weighted by molar-refractivity contribution is 0.0948. The lowest BCUT2D eigenvalue weighted by Crippen LogP contribution is -2.25. The molecule has 0 aliphatic heterocycles. The zero-order valence-electron chi connectivity index (χ0n) is 17.5. The highest BCUT2D eigenvalue weighted by molar-refractivity contribution is 5.96. The van der Waals surface area contributed by atoms with Crippen molar-refractivity contribution in [3.8, 4) is 11.5 Å². The average molecular weight is 404 g/mol. The SMILES string of the molecule is CCCOc1ccccc1CCCNC(=O)c1ccccc1OCc1ccccc1. The zero-order chi connectivity index (χ0) is 21.0. The summed E-state index contributed by atoms with van der Waals surface area (Å²) in [6, 6.07) is 25.4. The summed E-state index contributed by atoms with van der Waals surface area (Å²) in [6.07, 6.45) is 2.67. The first-order valence-corrected chi connectivity index (χ1v) is 10.5. The van der Waals surface area contributed by atoms with Crippen LogP contribution in [-0.2, 0) is 13.0 Å². The molecule has 4 heteroatoms. The summed E-state index contributed by atoms with van der Waals surface area (Å²) in [5, 5.41) is 3.01. The van der Waals surface area contributed by atoms with Gasteiger partial charge in [-0.3, -0.25) is 4.79 Å². The number of hydrogen-bond donors (Lipinski definition) is 1. The van der Waals surface area contributed by atoms with E-state index >= 15 is 0 Å². The number of nitrogens with one attached hydrogen (secondary N) is 1. The Balaban J connectivity index is 1.51. The van der Waals surface area contributed by atoms with Crippen LogP contribution in [0.4, 0.5) is 0 Å². The molecular weight excluding hydrogens is 374 g/mol. The maximum Gasteiger partial charge on any atom is 0.255 e. The van der Waals surface area contributed by atoms with Crippen molar-refractivity contribution in [2.75, 3.05) is 13.2 Å². The fourth-order valence-electron chi connectivity index (χ4n) is 3.15. The number of amides is 1. The van der Waals surface area contributed by atoms with Crippen LogP contribution >= 0.6 is 0 Å². The largest absolute Gasteiger partial charge is 0.493 e. The van der Waals surface area contributed by atoms with Crippen LogP contribution in [0.25, 0.3) is 0 Å². The van der Waals surface area contributed by atoms with Crippen LogP contribution in [0.15, 0.2) is 78.9 Å². The van der Waals surface area contributed by atoms with Crippen molar-refractivity contribution >= 4 is 5.91 Å². The quantitative estimate of drug-likeness (QED) is 0.435. The van der Waals surface area contributed by atoms with Crippen molar-refractivity contribution in [1.29, 1.82) is 0 Å². The summed E-state index contributed by atoms with van der Waals surface area (Å²) in [7, 11) is 0. The van der Waals surface area contributed by atoms with Crippen LogP contribution in [0, 0.1) is 0 Å². The van der Waals surface area contributed by atoms with Crippen molar-refractivity contribution in [3.63, 3.8) is 0 Å². The summed E-state index contributed by atoms with van der Waals surface area (Å²) in [5.41, 5.74) is 2.79. The predicted octanol–water partition coefficient (Wildman–Crippen LogP) is 5.42. The Labute approximate surface area is 178 Å². The van der Waals surface area contributed by atoms with Crippen molar-refractivity contribution < 1.29 is 14.3 Å². The van der Waals surface area contributed by atoms with E-state index in [-0.39, 0.29) is 5.91 Å². The van der Waals surface area contributed by atoms with Gasteiger partial charge in [-0.2, -0.15) is 0 Å². The molecule has 0 radical (unpaired) electrons. The molecule has 0 atom stereocenters. The highest BCUT2D eigenvalue weighted by Gasteiger charge is 2.12. The Hall–Kier alpha value is -3.27. The third kappa shape index (κ3) is 6.38. The smallest absolute Gasteiger partial charge is 0.255 e. The number of benzene rings is 3. The summed E-state index contributed by atoms with van der Waals surface area (Å²) in [6.45, 7) is 3.83. The van der Waals surface area contributed by atoms with Gasteiger partial charge in [0.1, 0.15) is 18.1 Å². The Kier molecular flexibility index (Phi) is 8.34. The number of ether oxygens (including phenoxy) is 2. The first-order chi connectivity index (χ1) is 14.8. The summed E-state index contributed by atoms with van der Waals surface area (Å²) >= 11 is 0. The molecule has 0 aliphatic rings. The van der Waals surface area contributed by atoms with Crippen LogP contribution in [0.5, 0.6) is 11.5 Å². The molecule has 3 aromatic rings. The van der Waals surface area contributed by atoms with Gasteiger partial charge in [0.25, 0.3) is 5.91 Å². The second kappa shape index (κ2) is 11.7. The average Bonchev–Trinajstić information content (AvgIpc) is 2.80. The second-order valence-electron chi connectivity index (χ2n) is 7.09. The number of carbonyl (C=O) groups is 1. The monoisotopic (exact) mass is 403 g/mol. The first-order valence-electron chi connectivity index (χ1n) is 10.5. The molecule has 0 fully saturated rings. The molecule has 3 aromatic carbocycles. The van der Waals surface area contributed by atoms with E-state index in [2.05, 4.69) is 18.3 Å². The highest BCUT2D eigenvalue weighted by atomic mass is 16.5. The van der Waals surface area contributed by atoms with Gasteiger partial charge in [-0.15, -0.1) is 0 Å². The fourth-order valence-corrected chi connectivity index (χ4v) is 3.15. The molecule has 0 aromatic heterocycles. The molecule has 0 saturated heterocycles. The van der Waals surface area contributed by atoms with Crippen molar-refractivity contribution in [1.82, 2.24) is 5.32 Å². The lowest BCUT2D eigenvalue weighted by atomic mass is 10.1. The molecular formula is C26H29NO3. The molecule has 1 amide bonds. The second-order valence-corrected chi connectivity index (χ2v) is 7.09. The minimum atomic E-state index is -0.117. The standard InChI is InChI=1S/C26H29NO3/c1-2-19-29-24-16-8-6-13-22(24)14-10-18-27-26(28)23-15-7-9-17-25(23)30-20-21-11-4-3-5-12-21/h3-9,11-13,15-17H,2,10,14,18-20H2,1H3,(H,27,28). The van der Waals surface area contributed by atoms with Crippen LogP contribution in [0.3, 0.4) is 0 Å². The molecule has 30 heavy (non-hydrogen) atoms. The number of hydrogen-bond acceptors (Lipinski definition) is 3. The van der Waals surface area contributed by atoms with Crippen molar-refractivity contribution in [2.24, 2.45) is 0 Å². The third-order valence-electron chi connectivity index (χ3n) is 4.71. The Bertz CT molecular complexity index is 924. The van der Waals surface area contributed by atoms with Gasteiger partial charge in [0.2, 0.25) is 0 Å². The summed E-state index contributed by atoms with van der Waals surface area (Å²) < 4.78 is 11.7. The van der Waals surface area contributed by atoms with E-state index in [9.17, 15) is 4.79 Å².